The van der Waals surface area contributed by atoms with E-state index in [4.69, 9.17) is 4.74 Å². The van der Waals surface area contributed by atoms with Crippen LogP contribution in [0, 0.1) is 16.0 Å². The van der Waals surface area contributed by atoms with Crippen LogP contribution in [0.25, 0.3) is 0 Å². The molecule has 25 heavy (non-hydrogen) atoms. The van der Waals surface area contributed by atoms with Gasteiger partial charge in [0.15, 0.2) is 0 Å². The van der Waals surface area contributed by atoms with Gasteiger partial charge in [0, 0.05) is 37.1 Å². The molecule has 0 aliphatic carbocycles. The number of hydrogen-bond donors (Lipinski definition) is 2. The number of benzene rings is 1. The maximum atomic E-state index is 12.4. The number of ether oxygens (including phenoxy) is 1. The molecule has 3 rings (SSSR count). The Labute approximate surface area is 143 Å². The van der Waals surface area contributed by atoms with Crippen molar-refractivity contribution in [3.63, 3.8) is 0 Å². The zero-order valence-corrected chi connectivity index (χ0v) is 13.5. The molecule has 0 radical (unpaired) electrons. The van der Waals surface area contributed by atoms with Crippen LogP contribution >= 0.6 is 0 Å². The summed E-state index contributed by atoms with van der Waals surface area (Å²) < 4.78 is 5.28. The Kier molecular flexibility index (Phi) is 4.84. The summed E-state index contributed by atoms with van der Waals surface area (Å²) in [5.41, 5.74) is 0.601. The third kappa shape index (κ3) is 3.87. The van der Waals surface area contributed by atoms with Crippen LogP contribution in [-0.4, -0.2) is 52.2 Å². The molecule has 9 heteroatoms. The van der Waals surface area contributed by atoms with Crippen LogP contribution in [0.3, 0.4) is 0 Å². The van der Waals surface area contributed by atoms with Crippen LogP contribution in [0.5, 0.6) is 0 Å². The molecule has 3 atom stereocenters. The quantitative estimate of drug-likeness (QED) is 0.612. The van der Waals surface area contributed by atoms with Crippen LogP contribution in [-0.2, 0) is 16.1 Å². The number of nitrogens with zero attached hydrogens (tertiary/aromatic N) is 2. The first kappa shape index (κ1) is 17.2. The lowest BCUT2D eigenvalue weighted by Crippen LogP contribution is -2.41. The summed E-state index contributed by atoms with van der Waals surface area (Å²) in [6.45, 7) is 0.648. The van der Waals surface area contributed by atoms with E-state index in [1.807, 2.05) is 0 Å². The van der Waals surface area contributed by atoms with Gasteiger partial charge in [-0.15, -0.1) is 0 Å². The van der Waals surface area contributed by atoms with Gasteiger partial charge in [-0.3, -0.25) is 14.9 Å². The summed E-state index contributed by atoms with van der Waals surface area (Å²) in [5, 5.41) is 23.3. The topological polar surface area (TPSA) is 122 Å². The largest absolute Gasteiger partial charge is 0.445 e. The average Bonchev–Trinajstić information content (AvgIpc) is 3.18. The third-order valence-electron chi connectivity index (χ3n) is 4.62. The minimum absolute atomic E-state index is 0.0159. The predicted octanol–water partition coefficient (Wildman–Crippen LogP) is 0.803. The number of hydrogen-bond acceptors (Lipinski definition) is 6. The summed E-state index contributed by atoms with van der Waals surface area (Å²) in [6.07, 6.45) is -0.428. The van der Waals surface area contributed by atoms with Crippen molar-refractivity contribution in [1.82, 2.24) is 10.2 Å². The SMILES string of the molecule is O=C1C[C@H]([C@@H]2C[C@@H](O)CN2C(=O)OCc2ccc([N+](=O)[O-])cc2)CN1. The molecule has 2 aliphatic rings. The molecule has 2 aliphatic heterocycles. The zero-order valence-electron chi connectivity index (χ0n) is 13.5. The van der Waals surface area contributed by atoms with Gasteiger partial charge in [0.2, 0.25) is 5.91 Å². The first-order valence-corrected chi connectivity index (χ1v) is 8.05. The van der Waals surface area contributed by atoms with Crippen LogP contribution in [0.2, 0.25) is 0 Å². The molecule has 0 spiro atoms. The monoisotopic (exact) mass is 349 g/mol. The van der Waals surface area contributed by atoms with E-state index in [-0.39, 0.29) is 36.7 Å². The number of non-ortho nitro benzene ring substituents is 1. The fraction of sp³-hybridized carbons (Fsp3) is 0.500. The molecular formula is C16H19N3O6. The molecule has 0 unspecified atom stereocenters. The van der Waals surface area contributed by atoms with E-state index in [0.29, 0.717) is 24.9 Å². The van der Waals surface area contributed by atoms with Crippen molar-refractivity contribution in [2.45, 2.75) is 31.6 Å². The standard InChI is InChI=1S/C16H19N3O6/c20-13-6-14(11-5-15(21)17-7-11)18(8-13)16(22)25-9-10-1-3-12(4-2-10)19(23)24/h1-4,11,13-14,20H,5-9H2,(H,17,21)/t11-,13+,14-/m0/s1. The number of carbonyl (C=O) groups excluding carboxylic acids is 2. The number of nitrogens with one attached hydrogen (secondary N) is 1. The number of β-amino-alcohol motifs (C(OH)–C–C–N with tert-alkyl or cyclic N) is 1. The number of aliphatic hydroxyl groups is 1. The first-order valence-electron chi connectivity index (χ1n) is 8.05. The highest BCUT2D eigenvalue weighted by Crippen LogP contribution is 2.29. The van der Waals surface area contributed by atoms with Crippen molar-refractivity contribution < 1.29 is 24.4 Å². The first-order chi connectivity index (χ1) is 11.9. The van der Waals surface area contributed by atoms with Crippen molar-refractivity contribution >= 4 is 17.7 Å². The van der Waals surface area contributed by atoms with Crippen LogP contribution in [0.4, 0.5) is 10.5 Å². The van der Waals surface area contributed by atoms with E-state index < -0.39 is 17.1 Å². The number of amides is 2. The maximum Gasteiger partial charge on any atom is 0.410 e. The van der Waals surface area contributed by atoms with Gasteiger partial charge in [-0.05, 0) is 24.1 Å². The Morgan fingerprint density at radius 1 is 1.40 bits per heavy atom. The van der Waals surface area contributed by atoms with Gasteiger partial charge in [0.05, 0.1) is 17.6 Å². The van der Waals surface area contributed by atoms with Crippen LogP contribution in [0.1, 0.15) is 18.4 Å². The maximum absolute atomic E-state index is 12.4. The van der Waals surface area contributed by atoms with Gasteiger partial charge in [-0.25, -0.2) is 4.79 Å². The molecule has 2 N–H and O–H groups in total. The van der Waals surface area contributed by atoms with Crippen molar-refractivity contribution in [3.8, 4) is 0 Å². The lowest BCUT2D eigenvalue weighted by atomic mass is 9.96. The van der Waals surface area contributed by atoms with Gasteiger partial charge in [0.1, 0.15) is 6.61 Å². The molecule has 2 fully saturated rings. The molecule has 2 saturated heterocycles. The molecule has 2 amide bonds. The second kappa shape index (κ2) is 7.06. The van der Waals surface area contributed by atoms with Crippen molar-refractivity contribution in [3.05, 3.63) is 39.9 Å². The lowest BCUT2D eigenvalue weighted by molar-refractivity contribution is -0.384. The molecular weight excluding hydrogens is 330 g/mol. The summed E-state index contributed by atoms with van der Waals surface area (Å²) in [5.74, 6) is -0.0813. The number of aliphatic hydroxyl groups excluding tert-OH is 1. The molecule has 2 heterocycles. The van der Waals surface area contributed by atoms with E-state index in [2.05, 4.69) is 5.32 Å². The number of carbonyl (C=O) groups is 2. The van der Waals surface area contributed by atoms with Crippen LogP contribution < -0.4 is 5.32 Å². The zero-order chi connectivity index (χ0) is 18.0. The number of nitro groups is 1. The van der Waals surface area contributed by atoms with Crippen molar-refractivity contribution in [2.75, 3.05) is 13.1 Å². The van der Waals surface area contributed by atoms with E-state index in [1.165, 1.54) is 29.2 Å². The van der Waals surface area contributed by atoms with E-state index >= 15 is 0 Å². The average molecular weight is 349 g/mol. The van der Waals surface area contributed by atoms with Gasteiger partial charge < -0.3 is 20.1 Å². The Balaban J connectivity index is 1.59. The highest BCUT2D eigenvalue weighted by Gasteiger charge is 2.42. The fourth-order valence-electron chi connectivity index (χ4n) is 3.34. The predicted molar refractivity (Wildman–Crippen MR) is 85.5 cm³/mol. The molecule has 1 aromatic carbocycles. The molecule has 0 aromatic heterocycles. The summed E-state index contributed by atoms with van der Waals surface area (Å²) in [6, 6.07) is 5.52. The smallest absolute Gasteiger partial charge is 0.410 e. The Bertz CT molecular complexity index is 677. The molecule has 0 saturated carbocycles. The number of likely N-dealkylation sites (tertiary alicyclic amines) is 1. The highest BCUT2D eigenvalue weighted by molar-refractivity contribution is 5.78. The number of rotatable bonds is 4. The van der Waals surface area contributed by atoms with Gasteiger partial charge in [-0.2, -0.15) is 0 Å². The van der Waals surface area contributed by atoms with Crippen LogP contribution in [0.15, 0.2) is 24.3 Å². The molecule has 9 nitrogen and oxygen atoms in total. The highest BCUT2D eigenvalue weighted by atomic mass is 16.6. The molecule has 134 valence electrons. The van der Waals surface area contributed by atoms with Crippen molar-refractivity contribution in [1.29, 1.82) is 0 Å². The number of nitro benzene ring substituents is 1. The second-order valence-electron chi connectivity index (χ2n) is 6.36. The molecule has 1 aromatic rings. The fourth-order valence-corrected chi connectivity index (χ4v) is 3.34. The molecule has 0 bridgehead atoms. The minimum atomic E-state index is -0.632. The van der Waals surface area contributed by atoms with Crippen molar-refractivity contribution in [2.24, 2.45) is 5.92 Å². The summed E-state index contributed by atoms with van der Waals surface area (Å²) >= 11 is 0. The summed E-state index contributed by atoms with van der Waals surface area (Å²) in [7, 11) is 0. The summed E-state index contributed by atoms with van der Waals surface area (Å²) in [4.78, 5) is 35.4. The third-order valence-corrected chi connectivity index (χ3v) is 4.62. The normalized spacial score (nSPS) is 25.7. The minimum Gasteiger partial charge on any atom is -0.445 e. The van der Waals surface area contributed by atoms with Gasteiger partial charge in [0.25, 0.3) is 5.69 Å². The van der Waals surface area contributed by atoms with E-state index in [0.717, 1.165) is 0 Å². The Morgan fingerprint density at radius 3 is 2.72 bits per heavy atom. The Hall–Kier alpha value is -2.68. The lowest BCUT2D eigenvalue weighted by Gasteiger charge is -2.27. The van der Waals surface area contributed by atoms with E-state index in [1.54, 1.807) is 0 Å². The Morgan fingerprint density at radius 2 is 2.12 bits per heavy atom. The van der Waals surface area contributed by atoms with E-state index in [9.17, 15) is 24.8 Å². The second-order valence-corrected chi connectivity index (χ2v) is 6.36. The van der Waals surface area contributed by atoms with Gasteiger partial charge in [-0.1, -0.05) is 0 Å². The van der Waals surface area contributed by atoms with Gasteiger partial charge >= 0.3 is 6.09 Å².